The SMILES string of the molecule is F[B-](F)(F)F.O=S(=O)(O)[N+]12CCN(CC1)CC2. The van der Waals surface area contributed by atoms with Crippen LogP contribution in [0.1, 0.15) is 0 Å². The van der Waals surface area contributed by atoms with Crippen LogP contribution in [-0.4, -0.2) is 68.3 Å². The van der Waals surface area contributed by atoms with E-state index in [1.165, 1.54) is 0 Å². The van der Waals surface area contributed by atoms with Crippen LogP contribution in [0.2, 0.25) is 0 Å². The fourth-order valence-electron chi connectivity index (χ4n) is 1.99. The lowest BCUT2D eigenvalue weighted by molar-refractivity contribution is -0.827. The minimum Gasteiger partial charge on any atom is -0.418 e. The Morgan fingerprint density at radius 3 is 1.47 bits per heavy atom. The monoisotopic (exact) mass is 280 g/mol. The van der Waals surface area contributed by atoms with E-state index in [-0.39, 0.29) is 3.89 Å². The summed E-state index contributed by atoms with van der Waals surface area (Å²) in [7, 11) is -9.89. The second-order valence-corrected chi connectivity index (χ2v) is 5.68. The molecule has 0 amide bonds. The van der Waals surface area contributed by atoms with Gasteiger partial charge in [0, 0.05) is 19.6 Å². The van der Waals surface area contributed by atoms with Crippen molar-refractivity contribution >= 4 is 17.6 Å². The number of nitrogens with zero attached hydrogens (tertiary/aromatic N) is 2. The first-order valence-corrected chi connectivity index (χ1v) is 6.37. The molecule has 1 N–H and O–H groups in total. The molecule has 0 aromatic rings. The van der Waals surface area contributed by atoms with Crippen LogP contribution in [0.25, 0.3) is 0 Å². The van der Waals surface area contributed by atoms with Gasteiger partial charge in [-0.2, -0.15) is 3.89 Å². The van der Waals surface area contributed by atoms with E-state index in [2.05, 4.69) is 4.90 Å². The van der Waals surface area contributed by atoms with Crippen LogP contribution >= 0.6 is 0 Å². The predicted molar refractivity (Wildman–Crippen MR) is 53.0 cm³/mol. The summed E-state index contributed by atoms with van der Waals surface area (Å²) < 4.78 is 70.1. The van der Waals surface area contributed by atoms with Gasteiger partial charge in [-0.1, -0.05) is 0 Å². The van der Waals surface area contributed by atoms with Crippen molar-refractivity contribution in [3.63, 3.8) is 0 Å². The molecule has 3 heterocycles. The third-order valence-electron chi connectivity index (χ3n) is 2.96. The zero-order valence-electron chi connectivity index (χ0n) is 8.90. The van der Waals surface area contributed by atoms with Crippen LogP contribution in [0.3, 0.4) is 0 Å². The topological polar surface area (TPSA) is 57.6 Å². The van der Waals surface area contributed by atoms with E-state index < -0.39 is 17.6 Å². The van der Waals surface area contributed by atoms with E-state index in [1.54, 1.807) is 0 Å². The van der Waals surface area contributed by atoms with Crippen LogP contribution in [0.4, 0.5) is 17.3 Å². The van der Waals surface area contributed by atoms with Crippen LogP contribution in [0.5, 0.6) is 0 Å². The number of rotatable bonds is 1. The van der Waals surface area contributed by atoms with Gasteiger partial charge in [-0.15, -0.1) is 8.42 Å². The van der Waals surface area contributed by atoms with E-state index in [0.29, 0.717) is 19.6 Å². The van der Waals surface area contributed by atoms with Crippen LogP contribution in [0.15, 0.2) is 0 Å². The van der Waals surface area contributed by atoms with Gasteiger partial charge in [-0.3, -0.25) is 4.90 Å². The van der Waals surface area contributed by atoms with Crippen molar-refractivity contribution in [2.24, 2.45) is 0 Å². The highest BCUT2D eigenvalue weighted by molar-refractivity contribution is 7.80. The maximum atomic E-state index is 11.1. The van der Waals surface area contributed by atoms with E-state index in [1.807, 2.05) is 0 Å². The molecule has 3 aliphatic heterocycles. The van der Waals surface area contributed by atoms with E-state index in [4.69, 9.17) is 4.55 Å². The molecule has 17 heavy (non-hydrogen) atoms. The van der Waals surface area contributed by atoms with Gasteiger partial charge in [0.25, 0.3) is 0 Å². The lowest BCUT2D eigenvalue weighted by Gasteiger charge is -2.46. The van der Waals surface area contributed by atoms with Crippen molar-refractivity contribution in [3.8, 4) is 0 Å². The summed E-state index contributed by atoms with van der Waals surface area (Å²) in [4.78, 5) is 2.23. The van der Waals surface area contributed by atoms with E-state index in [0.717, 1.165) is 19.6 Å². The fourth-order valence-corrected chi connectivity index (χ4v) is 2.93. The van der Waals surface area contributed by atoms with Crippen LogP contribution < -0.4 is 0 Å². The van der Waals surface area contributed by atoms with Crippen LogP contribution in [0, 0.1) is 0 Å². The van der Waals surface area contributed by atoms with Gasteiger partial charge in [-0.05, 0) is 0 Å². The molecular formula is C6H13BF4N2O3S. The summed E-state index contributed by atoms with van der Waals surface area (Å²) in [6.45, 7) is 4.00. The van der Waals surface area contributed by atoms with Crippen LogP contribution in [-0.2, 0) is 10.3 Å². The number of fused-ring (bicyclic) bond motifs is 3. The molecule has 3 aliphatic rings. The summed E-state index contributed by atoms with van der Waals surface area (Å²) in [6.07, 6.45) is 0. The molecule has 0 unspecified atom stereocenters. The molecule has 0 saturated carbocycles. The minimum atomic E-state index is -6.00. The third kappa shape index (κ3) is 4.09. The molecule has 0 spiro atoms. The highest BCUT2D eigenvalue weighted by Gasteiger charge is 2.47. The summed E-state index contributed by atoms with van der Waals surface area (Å²) in [5.74, 6) is 0. The average Bonchev–Trinajstić information content (AvgIpc) is 2.16. The normalized spacial score (nSPS) is 32.9. The second-order valence-electron chi connectivity index (χ2n) is 4.01. The summed E-state index contributed by atoms with van der Waals surface area (Å²) in [5, 5.41) is 0. The predicted octanol–water partition coefficient (Wildman–Crippen LogP) is 0.235. The molecule has 5 nitrogen and oxygen atoms in total. The van der Waals surface area contributed by atoms with Gasteiger partial charge < -0.3 is 17.3 Å². The van der Waals surface area contributed by atoms with Gasteiger partial charge >= 0.3 is 17.6 Å². The summed E-state index contributed by atoms with van der Waals surface area (Å²) >= 11 is 0. The maximum Gasteiger partial charge on any atom is 0.673 e. The quantitative estimate of drug-likeness (QED) is 0.323. The number of halogens is 4. The molecule has 102 valence electrons. The Balaban J connectivity index is 0.000000249. The molecule has 0 aromatic carbocycles. The molecule has 0 aliphatic carbocycles. The second kappa shape index (κ2) is 4.71. The van der Waals surface area contributed by atoms with Crippen molar-refractivity contribution in [2.75, 3.05) is 39.3 Å². The van der Waals surface area contributed by atoms with Crippen molar-refractivity contribution < 1.29 is 34.1 Å². The summed E-state index contributed by atoms with van der Waals surface area (Å²) in [6, 6.07) is 0. The minimum absolute atomic E-state index is 0.108. The van der Waals surface area contributed by atoms with E-state index in [9.17, 15) is 25.7 Å². The van der Waals surface area contributed by atoms with Gasteiger partial charge in [-0.25, -0.2) is 4.55 Å². The first kappa shape index (κ1) is 14.7. The highest BCUT2D eigenvalue weighted by atomic mass is 32.2. The highest BCUT2D eigenvalue weighted by Crippen LogP contribution is 2.23. The van der Waals surface area contributed by atoms with E-state index >= 15 is 0 Å². The Labute approximate surface area is 96.6 Å². The molecule has 3 rings (SSSR count). The Hall–Kier alpha value is -0.385. The molecule has 3 fully saturated rings. The molecule has 11 heteroatoms. The zero-order chi connectivity index (χ0) is 13.3. The number of piperazine rings is 3. The standard InChI is InChI=1S/C6H12N2O3S.BF4/c9-12(10,11)8-4-1-7(2-5-8)3-6-8;2-1(3,4)5/h1-6H2;/q;-1/p+1. The lowest BCUT2D eigenvalue weighted by atomic mass is 10.2. The van der Waals surface area contributed by atoms with Crippen molar-refractivity contribution in [1.82, 2.24) is 4.90 Å². The Morgan fingerprint density at radius 1 is 1.00 bits per heavy atom. The van der Waals surface area contributed by atoms with Crippen molar-refractivity contribution in [3.05, 3.63) is 0 Å². The Bertz CT molecular complexity index is 346. The summed E-state index contributed by atoms with van der Waals surface area (Å²) in [5.41, 5.74) is 0. The smallest absolute Gasteiger partial charge is 0.418 e. The first-order valence-electron chi connectivity index (χ1n) is 4.97. The van der Waals surface area contributed by atoms with Crippen molar-refractivity contribution in [1.29, 1.82) is 0 Å². The molecular weight excluding hydrogens is 267 g/mol. The Kier molecular flexibility index (Phi) is 4.06. The number of hydrogen-bond donors (Lipinski definition) is 1. The average molecular weight is 280 g/mol. The first-order chi connectivity index (χ1) is 7.54. The molecule has 3 saturated heterocycles. The zero-order valence-corrected chi connectivity index (χ0v) is 9.71. The van der Waals surface area contributed by atoms with Gasteiger partial charge in [0.2, 0.25) is 0 Å². The lowest BCUT2D eigenvalue weighted by Crippen LogP contribution is -2.69. The Morgan fingerprint density at radius 2 is 1.29 bits per heavy atom. The van der Waals surface area contributed by atoms with Gasteiger partial charge in [0.05, 0.1) is 0 Å². The number of quaternary nitrogens is 1. The maximum absolute atomic E-state index is 11.1. The fraction of sp³-hybridized carbons (Fsp3) is 1.00. The third-order valence-corrected chi connectivity index (χ3v) is 4.49. The van der Waals surface area contributed by atoms with Crippen molar-refractivity contribution in [2.45, 2.75) is 0 Å². The molecule has 2 bridgehead atoms. The van der Waals surface area contributed by atoms with Gasteiger partial charge in [0.1, 0.15) is 19.6 Å². The molecule has 0 aromatic heterocycles. The van der Waals surface area contributed by atoms with Gasteiger partial charge in [0.15, 0.2) is 0 Å². The largest absolute Gasteiger partial charge is 0.673 e. The molecule has 0 atom stereocenters. The molecule has 0 radical (unpaired) electrons. The number of hydrogen-bond acceptors (Lipinski definition) is 3.